The van der Waals surface area contributed by atoms with Crippen LogP contribution in [0.5, 0.6) is 0 Å². The van der Waals surface area contributed by atoms with Crippen molar-refractivity contribution in [1.29, 1.82) is 0 Å². The molecule has 0 aliphatic carbocycles. The molecule has 136 valence electrons. The maximum absolute atomic E-state index is 12.7. The van der Waals surface area contributed by atoms with E-state index in [1.807, 2.05) is 35.2 Å². The normalized spacial score (nSPS) is 21.0. The highest BCUT2D eigenvalue weighted by atomic mass is 16.5. The summed E-state index contributed by atoms with van der Waals surface area (Å²) in [6.45, 7) is 4.05. The summed E-state index contributed by atoms with van der Waals surface area (Å²) in [4.78, 5) is 35.1. The van der Waals surface area contributed by atoms with Crippen molar-refractivity contribution in [1.82, 2.24) is 19.7 Å². The summed E-state index contributed by atoms with van der Waals surface area (Å²) >= 11 is 0. The number of nitrogens with zero attached hydrogens (tertiary/aromatic N) is 4. The van der Waals surface area contributed by atoms with Crippen LogP contribution in [-0.4, -0.2) is 84.0 Å². The minimum absolute atomic E-state index is 0.0236. The lowest BCUT2D eigenvalue weighted by molar-refractivity contribution is -0.146. The zero-order valence-corrected chi connectivity index (χ0v) is 14.8. The molecule has 0 aromatic carbocycles. The minimum atomic E-state index is -0.308. The number of ether oxygens (including phenoxy) is 1. The molecular weight excluding hydrogens is 320 g/mol. The van der Waals surface area contributed by atoms with E-state index in [0.717, 1.165) is 18.4 Å². The second kappa shape index (κ2) is 8.40. The van der Waals surface area contributed by atoms with E-state index < -0.39 is 0 Å². The zero-order chi connectivity index (χ0) is 17.6. The van der Waals surface area contributed by atoms with E-state index in [9.17, 15) is 9.59 Å². The van der Waals surface area contributed by atoms with E-state index in [4.69, 9.17) is 4.74 Å². The minimum Gasteiger partial charge on any atom is -0.378 e. The lowest BCUT2D eigenvalue weighted by Gasteiger charge is -2.33. The lowest BCUT2D eigenvalue weighted by atomic mass is 10.2. The first-order chi connectivity index (χ1) is 12.1. The molecule has 0 N–H and O–H groups in total. The second-order valence-corrected chi connectivity index (χ2v) is 6.72. The van der Waals surface area contributed by atoms with Crippen LogP contribution in [0, 0.1) is 0 Å². The maximum atomic E-state index is 12.7. The first-order valence-corrected chi connectivity index (χ1v) is 8.88. The van der Waals surface area contributed by atoms with Crippen LogP contribution in [-0.2, 0) is 20.9 Å². The van der Waals surface area contributed by atoms with Gasteiger partial charge in [-0.3, -0.25) is 19.5 Å². The molecule has 7 heteroatoms. The summed E-state index contributed by atoms with van der Waals surface area (Å²) in [6, 6.07) is 3.58. The Balaban J connectivity index is 1.55. The second-order valence-electron chi connectivity index (χ2n) is 6.72. The SMILES string of the molecule is CN(CC(=O)N1CCC[C@H]1C(=O)N1CCOCC1)Cc1cccnc1. The fourth-order valence-electron chi connectivity index (χ4n) is 3.50. The highest BCUT2D eigenvalue weighted by molar-refractivity contribution is 5.89. The largest absolute Gasteiger partial charge is 0.378 e. The molecule has 1 aromatic heterocycles. The van der Waals surface area contributed by atoms with Crippen LogP contribution in [0.25, 0.3) is 0 Å². The first kappa shape index (κ1) is 17.8. The maximum Gasteiger partial charge on any atom is 0.245 e. The Hall–Kier alpha value is -1.99. The topological polar surface area (TPSA) is 66.0 Å². The van der Waals surface area contributed by atoms with E-state index in [-0.39, 0.29) is 17.9 Å². The Bertz CT molecular complexity index is 589. The smallest absolute Gasteiger partial charge is 0.245 e. The summed E-state index contributed by atoms with van der Waals surface area (Å²) in [5.74, 6) is 0.0968. The van der Waals surface area contributed by atoms with E-state index in [1.165, 1.54) is 0 Å². The van der Waals surface area contributed by atoms with Crippen LogP contribution >= 0.6 is 0 Å². The molecule has 3 heterocycles. The molecule has 0 unspecified atom stereocenters. The fraction of sp³-hybridized carbons (Fsp3) is 0.611. The van der Waals surface area contributed by atoms with Gasteiger partial charge in [0.2, 0.25) is 11.8 Å². The van der Waals surface area contributed by atoms with E-state index in [0.29, 0.717) is 45.9 Å². The van der Waals surface area contributed by atoms with E-state index in [2.05, 4.69) is 4.98 Å². The highest BCUT2D eigenvalue weighted by Gasteiger charge is 2.36. The standard InChI is InChI=1S/C18H26N4O3/c1-20(13-15-4-2-6-19-12-15)14-17(23)22-7-3-5-16(22)18(24)21-8-10-25-11-9-21/h2,4,6,12,16H,3,5,7-11,13-14H2,1H3/t16-/m0/s1. The number of morpholine rings is 1. The average molecular weight is 346 g/mol. The summed E-state index contributed by atoms with van der Waals surface area (Å²) in [7, 11) is 1.92. The molecule has 25 heavy (non-hydrogen) atoms. The van der Waals surface area contributed by atoms with Crippen LogP contribution in [0.4, 0.5) is 0 Å². The number of likely N-dealkylation sites (tertiary alicyclic amines) is 1. The van der Waals surface area contributed by atoms with Crippen LogP contribution in [0.2, 0.25) is 0 Å². The van der Waals surface area contributed by atoms with Crippen molar-refractivity contribution in [2.45, 2.75) is 25.4 Å². The number of amides is 2. The van der Waals surface area contributed by atoms with E-state index >= 15 is 0 Å². The predicted molar refractivity (Wildman–Crippen MR) is 92.7 cm³/mol. The van der Waals surface area contributed by atoms with Crippen molar-refractivity contribution in [2.75, 3.05) is 46.4 Å². The molecule has 2 saturated heterocycles. The van der Waals surface area contributed by atoms with Gasteiger partial charge in [0.1, 0.15) is 6.04 Å². The Morgan fingerprint density at radius 3 is 2.84 bits per heavy atom. The van der Waals surface area contributed by atoms with Crippen LogP contribution in [0.1, 0.15) is 18.4 Å². The Morgan fingerprint density at radius 1 is 1.32 bits per heavy atom. The van der Waals surface area contributed by atoms with Gasteiger partial charge in [0.15, 0.2) is 0 Å². The number of rotatable bonds is 5. The van der Waals surface area contributed by atoms with Gasteiger partial charge in [0.05, 0.1) is 19.8 Å². The summed E-state index contributed by atoms with van der Waals surface area (Å²) in [5, 5.41) is 0. The molecule has 2 aliphatic rings. The van der Waals surface area contributed by atoms with Crippen molar-refractivity contribution in [3.8, 4) is 0 Å². The molecule has 0 bridgehead atoms. The van der Waals surface area contributed by atoms with Gasteiger partial charge in [-0.25, -0.2) is 0 Å². The molecule has 2 fully saturated rings. The number of aromatic nitrogens is 1. The molecule has 1 aromatic rings. The summed E-state index contributed by atoms with van der Waals surface area (Å²) < 4.78 is 5.31. The Labute approximate surface area is 148 Å². The molecular formula is C18H26N4O3. The third kappa shape index (κ3) is 4.55. The number of hydrogen-bond acceptors (Lipinski definition) is 5. The van der Waals surface area contributed by atoms with Gasteiger partial charge >= 0.3 is 0 Å². The predicted octanol–water partition coefficient (Wildman–Crippen LogP) is 0.363. The van der Waals surface area contributed by atoms with Crippen LogP contribution < -0.4 is 0 Å². The van der Waals surface area contributed by atoms with Crippen molar-refractivity contribution >= 4 is 11.8 Å². The average Bonchev–Trinajstić information content (AvgIpc) is 3.12. The quantitative estimate of drug-likeness (QED) is 0.770. The molecule has 0 radical (unpaired) electrons. The van der Waals surface area contributed by atoms with Crippen molar-refractivity contribution in [3.05, 3.63) is 30.1 Å². The Morgan fingerprint density at radius 2 is 2.12 bits per heavy atom. The monoisotopic (exact) mass is 346 g/mol. The number of carbonyl (C=O) groups is 2. The highest BCUT2D eigenvalue weighted by Crippen LogP contribution is 2.20. The van der Waals surface area contributed by atoms with Gasteiger partial charge in [-0.05, 0) is 31.5 Å². The van der Waals surface area contributed by atoms with Gasteiger partial charge in [-0.1, -0.05) is 6.07 Å². The third-order valence-corrected chi connectivity index (χ3v) is 4.76. The van der Waals surface area contributed by atoms with E-state index in [1.54, 1.807) is 11.1 Å². The number of hydrogen-bond donors (Lipinski definition) is 0. The first-order valence-electron chi connectivity index (χ1n) is 8.88. The number of carbonyl (C=O) groups excluding carboxylic acids is 2. The molecule has 0 spiro atoms. The number of likely N-dealkylation sites (N-methyl/N-ethyl adjacent to an activating group) is 1. The van der Waals surface area contributed by atoms with Gasteiger partial charge in [-0.2, -0.15) is 0 Å². The van der Waals surface area contributed by atoms with Gasteiger partial charge in [-0.15, -0.1) is 0 Å². The third-order valence-electron chi connectivity index (χ3n) is 4.76. The number of pyridine rings is 1. The van der Waals surface area contributed by atoms with Crippen LogP contribution in [0.15, 0.2) is 24.5 Å². The van der Waals surface area contributed by atoms with Gasteiger partial charge in [0.25, 0.3) is 0 Å². The van der Waals surface area contributed by atoms with Crippen molar-refractivity contribution < 1.29 is 14.3 Å². The summed E-state index contributed by atoms with van der Waals surface area (Å²) in [5.41, 5.74) is 1.07. The molecule has 7 nitrogen and oxygen atoms in total. The van der Waals surface area contributed by atoms with Crippen molar-refractivity contribution in [2.24, 2.45) is 0 Å². The molecule has 1 atom stereocenters. The Kier molecular flexibility index (Phi) is 5.99. The molecule has 0 saturated carbocycles. The fourth-order valence-corrected chi connectivity index (χ4v) is 3.50. The van der Waals surface area contributed by atoms with Crippen molar-refractivity contribution in [3.63, 3.8) is 0 Å². The lowest BCUT2D eigenvalue weighted by Crippen LogP contribution is -2.52. The van der Waals surface area contributed by atoms with Gasteiger partial charge in [0, 0.05) is 38.6 Å². The zero-order valence-electron chi connectivity index (χ0n) is 14.8. The van der Waals surface area contributed by atoms with Gasteiger partial charge < -0.3 is 14.5 Å². The molecule has 2 amide bonds. The molecule has 3 rings (SSSR count). The van der Waals surface area contributed by atoms with Crippen LogP contribution in [0.3, 0.4) is 0 Å². The summed E-state index contributed by atoms with van der Waals surface area (Å²) in [6.07, 6.45) is 5.19. The molecule has 2 aliphatic heterocycles.